The molecule has 3 aromatic rings. The monoisotopic (exact) mass is 404 g/mol. The van der Waals surface area contributed by atoms with Crippen LogP contribution in [0.4, 0.5) is 11.4 Å². The van der Waals surface area contributed by atoms with E-state index in [-0.39, 0.29) is 11.8 Å². The molecular weight excluding hydrogens is 380 g/mol. The van der Waals surface area contributed by atoms with Crippen molar-refractivity contribution < 1.29 is 14.3 Å². The zero-order chi connectivity index (χ0) is 21.1. The third-order valence-corrected chi connectivity index (χ3v) is 5.00. The van der Waals surface area contributed by atoms with Crippen LogP contribution < -0.4 is 10.6 Å². The fourth-order valence-corrected chi connectivity index (χ4v) is 3.58. The van der Waals surface area contributed by atoms with Crippen molar-refractivity contribution in [1.82, 2.24) is 9.78 Å². The number of aromatic nitrogens is 2. The maximum atomic E-state index is 12.9. The molecule has 2 N–H and O–H groups in total. The fourth-order valence-electron chi connectivity index (χ4n) is 3.58. The first-order valence-corrected chi connectivity index (χ1v) is 9.98. The van der Waals surface area contributed by atoms with Crippen molar-refractivity contribution in [2.24, 2.45) is 0 Å². The fraction of sp³-hybridized carbons (Fsp3) is 0.261. The van der Waals surface area contributed by atoms with Crippen LogP contribution in [-0.2, 0) is 9.53 Å². The summed E-state index contributed by atoms with van der Waals surface area (Å²) >= 11 is 0. The number of carbonyl (C=O) groups is 2. The van der Waals surface area contributed by atoms with E-state index in [2.05, 4.69) is 15.7 Å². The lowest BCUT2D eigenvalue weighted by Gasteiger charge is -2.14. The van der Waals surface area contributed by atoms with Crippen molar-refractivity contribution in [3.8, 4) is 5.69 Å². The van der Waals surface area contributed by atoms with Gasteiger partial charge in [0.25, 0.3) is 11.8 Å². The number of hydrogen-bond donors (Lipinski definition) is 2. The Morgan fingerprint density at radius 3 is 2.63 bits per heavy atom. The van der Waals surface area contributed by atoms with Gasteiger partial charge in [-0.15, -0.1) is 0 Å². The van der Waals surface area contributed by atoms with E-state index in [1.807, 2.05) is 48.9 Å². The van der Waals surface area contributed by atoms with Crippen molar-refractivity contribution >= 4 is 23.2 Å². The van der Waals surface area contributed by atoms with Crippen molar-refractivity contribution in [3.05, 3.63) is 71.5 Å². The number of aryl methyl sites for hydroxylation is 2. The lowest BCUT2D eigenvalue weighted by Crippen LogP contribution is -2.27. The van der Waals surface area contributed by atoms with Crippen molar-refractivity contribution in [2.45, 2.75) is 32.8 Å². The van der Waals surface area contributed by atoms with Gasteiger partial charge in [0.15, 0.2) is 0 Å². The minimum atomic E-state index is -0.421. The predicted molar refractivity (Wildman–Crippen MR) is 115 cm³/mol. The lowest BCUT2D eigenvalue weighted by molar-refractivity contribution is -0.124. The summed E-state index contributed by atoms with van der Waals surface area (Å²) in [5.74, 6) is -0.447. The number of ether oxygens (including phenoxy) is 1. The highest BCUT2D eigenvalue weighted by Crippen LogP contribution is 2.23. The second kappa shape index (κ2) is 8.51. The van der Waals surface area contributed by atoms with Crippen molar-refractivity contribution in [1.29, 1.82) is 0 Å². The van der Waals surface area contributed by atoms with Crippen LogP contribution >= 0.6 is 0 Å². The minimum Gasteiger partial charge on any atom is -0.368 e. The van der Waals surface area contributed by atoms with E-state index in [0.717, 1.165) is 29.9 Å². The SMILES string of the molecule is Cc1cc(C)n(-c2ccccc2NC(=O)c2cccc(NC(=O)C3CCCO3)c2)n1. The van der Waals surface area contributed by atoms with Gasteiger partial charge in [0.1, 0.15) is 6.10 Å². The van der Waals surface area contributed by atoms with Gasteiger partial charge in [-0.25, -0.2) is 4.68 Å². The molecule has 7 nitrogen and oxygen atoms in total. The molecule has 2 aromatic carbocycles. The first-order chi connectivity index (χ1) is 14.5. The number of rotatable bonds is 5. The molecule has 0 saturated carbocycles. The predicted octanol–water partition coefficient (Wildman–Crippen LogP) is 3.86. The standard InChI is InChI=1S/C23H24N4O3/c1-15-13-16(2)27(26-15)20-10-4-3-9-19(20)25-22(28)17-7-5-8-18(14-17)24-23(29)21-11-6-12-30-21/h3-5,7-10,13-14,21H,6,11-12H2,1-2H3,(H,24,29)(H,25,28). The summed E-state index contributed by atoms with van der Waals surface area (Å²) in [6.45, 7) is 4.51. The molecule has 0 radical (unpaired) electrons. The van der Waals surface area contributed by atoms with Crippen LogP contribution in [0.25, 0.3) is 5.69 Å². The van der Waals surface area contributed by atoms with Crippen LogP contribution in [0.5, 0.6) is 0 Å². The van der Waals surface area contributed by atoms with Gasteiger partial charge in [-0.05, 0) is 63.1 Å². The molecule has 2 amide bonds. The molecule has 7 heteroatoms. The van der Waals surface area contributed by atoms with E-state index in [1.165, 1.54) is 0 Å². The quantitative estimate of drug-likeness (QED) is 0.676. The summed E-state index contributed by atoms with van der Waals surface area (Å²) in [4.78, 5) is 25.2. The van der Waals surface area contributed by atoms with Crippen LogP contribution in [-0.4, -0.2) is 34.3 Å². The Labute approximate surface area is 175 Å². The van der Waals surface area contributed by atoms with Gasteiger partial charge in [0.2, 0.25) is 0 Å². The number of hydrogen-bond acceptors (Lipinski definition) is 4. The molecule has 0 aliphatic carbocycles. The molecule has 30 heavy (non-hydrogen) atoms. The Balaban J connectivity index is 1.52. The topological polar surface area (TPSA) is 85.2 Å². The molecular formula is C23H24N4O3. The van der Waals surface area contributed by atoms with Gasteiger partial charge in [-0.2, -0.15) is 5.10 Å². The summed E-state index contributed by atoms with van der Waals surface area (Å²) < 4.78 is 7.22. The number of para-hydroxylation sites is 2. The number of benzene rings is 2. The van der Waals surface area contributed by atoms with Gasteiger partial charge >= 0.3 is 0 Å². The second-order valence-corrected chi connectivity index (χ2v) is 7.38. The Hall–Kier alpha value is -3.45. The highest BCUT2D eigenvalue weighted by atomic mass is 16.5. The number of amides is 2. The lowest BCUT2D eigenvalue weighted by atomic mass is 10.1. The van der Waals surface area contributed by atoms with Crippen LogP contribution in [0.15, 0.2) is 54.6 Å². The number of nitrogens with one attached hydrogen (secondary N) is 2. The van der Waals surface area contributed by atoms with Gasteiger partial charge in [0, 0.05) is 23.6 Å². The van der Waals surface area contributed by atoms with E-state index < -0.39 is 6.10 Å². The maximum absolute atomic E-state index is 12.9. The third kappa shape index (κ3) is 4.26. The average Bonchev–Trinajstić information content (AvgIpc) is 3.38. The molecule has 1 unspecified atom stereocenters. The maximum Gasteiger partial charge on any atom is 0.255 e. The van der Waals surface area contributed by atoms with Gasteiger partial charge < -0.3 is 15.4 Å². The molecule has 1 aliphatic rings. The van der Waals surface area contributed by atoms with Gasteiger partial charge in [0.05, 0.1) is 17.1 Å². The molecule has 0 bridgehead atoms. The number of nitrogens with zero attached hydrogens (tertiary/aromatic N) is 2. The highest BCUT2D eigenvalue weighted by molar-refractivity contribution is 6.06. The van der Waals surface area contributed by atoms with Crippen LogP contribution in [0.1, 0.15) is 34.6 Å². The smallest absolute Gasteiger partial charge is 0.255 e. The summed E-state index contributed by atoms with van der Waals surface area (Å²) in [5.41, 5.74) is 4.34. The second-order valence-electron chi connectivity index (χ2n) is 7.38. The van der Waals surface area contributed by atoms with E-state index in [1.54, 1.807) is 24.3 Å². The Bertz CT molecular complexity index is 1080. The van der Waals surface area contributed by atoms with Gasteiger partial charge in [-0.3, -0.25) is 9.59 Å². The molecule has 1 fully saturated rings. The largest absolute Gasteiger partial charge is 0.368 e. The van der Waals surface area contributed by atoms with Crippen LogP contribution in [0.2, 0.25) is 0 Å². The highest BCUT2D eigenvalue weighted by Gasteiger charge is 2.23. The molecule has 1 saturated heterocycles. The molecule has 1 aromatic heterocycles. The zero-order valence-corrected chi connectivity index (χ0v) is 17.0. The zero-order valence-electron chi connectivity index (χ0n) is 17.0. The summed E-state index contributed by atoms with van der Waals surface area (Å²) in [5, 5.41) is 10.3. The van der Waals surface area contributed by atoms with E-state index in [0.29, 0.717) is 23.5 Å². The molecule has 1 atom stereocenters. The summed E-state index contributed by atoms with van der Waals surface area (Å²) in [6, 6.07) is 16.4. The summed E-state index contributed by atoms with van der Waals surface area (Å²) in [7, 11) is 0. The number of carbonyl (C=O) groups excluding carboxylic acids is 2. The van der Waals surface area contributed by atoms with E-state index in [9.17, 15) is 9.59 Å². The molecule has 4 rings (SSSR count). The van der Waals surface area contributed by atoms with E-state index in [4.69, 9.17) is 4.74 Å². The van der Waals surface area contributed by atoms with Crippen LogP contribution in [0.3, 0.4) is 0 Å². The molecule has 0 spiro atoms. The average molecular weight is 404 g/mol. The Morgan fingerprint density at radius 2 is 1.90 bits per heavy atom. The first kappa shape index (κ1) is 19.8. The molecule has 154 valence electrons. The van der Waals surface area contributed by atoms with E-state index >= 15 is 0 Å². The summed E-state index contributed by atoms with van der Waals surface area (Å²) in [6.07, 6.45) is 1.18. The minimum absolute atomic E-state index is 0.181. The van der Waals surface area contributed by atoms with Crippen molar-refractivity contribution in [3.63, 3.8) is 0 Å². The molecule has 1 aliphatic heterocycles. The number of anilines is 2. The Morgan fingerprint density at radius 1 is 1.07 bits per heavy atom. The van der Waals surface area contributed by atoms with Gasteiger partial charge in [-0.1, -0.05) is 18.2 Å². The normalized spacial score (nSPS) is 15.7. The first-order valence-electron chi connectivity index (χ1n) is 9.98. The van der Waals surface area contributed by atoms with Crippen LogP contribution in [0, 0.1) is 13.8 Å². The van der Waals surface area contributed by atoms with Crippen molar-refractivity contribution in [2.75, 3.05) is 17.2 Å². The molecule has 2 heterocycles. The third-order valence-electron chi connectivity index (χ3n) is 5.00. The Kier molecular flexibility index (Phi) is 5.63.